The summed E-state index contributed by atoms with van der Waals surface area (Å²) in [6.45, 7) is 1.59. The Morgan fingerprint density at radius 1 is 0.535 bits per heavy atom. The van der Waals surface area contributed by atoms with Gasteiger partial charge in [0.05, 0.1) is 40.5 Å². The number of hydrogen-bond donors (Lipinski definition) is 2. The lowest BCUT2D eigenvalue weighted by Crippen LogP contribution is -2.26. The summed E-state index contributed by atoms with van der Waals surface area (Å²) in [6, 6.07) is 48.8. The molecule has 7 aromatic rings. The van der Waals surface area contributed by atoms with Crippen LogP contribution in [-0.4, -0.2) is 43.4 Å². The van der Waals surface area contributed by atoms with E-state index < -0.39 is 11.9 Å². The quantitative estimate of drug-likeness (QED) is 0.0639. The molecular formula is C59H51Cl2N3O7. The summed E-state index contributed by atoms with van der Waals surface area (Å²) in [4.78, 5) is 52.3. The van der Waals surface area contributed by atoms with Crippen LogP contribution in [0.4, 0.5) is 0 Å². The van der Waals surface area contributed by atoms with E-state index in [0.29, 0.717) is 76.7 Å². The number of nitrogens with zero attached hydrogens (tertiary/aromatic N) is 1. The van der Waals surface area contributed by atoms with Crippen molar-refractivity contribution in [2.45, 2.75) is 51.6 Å². The molecule has 2 amide bonds. The number of ether oxygens (including phenoxy) is 3. The van der Waals surface area contributed by atoms with Crippen molar-refractivity contribution >= 4 is 47.0 Å². The van der Waals surface area contributed by atoms with Crippen LogP contribution in [0, 0.1) is 17.2 Å². The molecular weight excluding hydrogens is 934 g/mol. The molecule has 1 fully saturated rings. The number of carbonyl (C=O) groups excluding carboxylic acids is 4. The van der Waals surface area contributed by atoms with E-state index in [1.54, 1.807) is 103 Å². The van der Waals surface area contributed by atoms with Crippen LogP contribution in [0.3, 0.4) is 0 Å². The van der Waals surface area contributed by atoms with Gasteiger partial charge >= 0.3 is 11.9 Å². The highest BCUT2D eigenvalue weighted by Gasteiger charge is 2.19. The second-order valence-corrected chi connectivity index (χ2v) is 18.3. The Hall–Kier alpha value is -7.71. The molecule has 0 spiro atoms. The molecule has 1 aliphatic rings. The number of benzene rings is 7. The number of hydrogen-bond acceptors (Lipinski definition) is 8. The molecule has 0 aliphatic heterocycles. The van der Waals surface area contributed by atoms with Crippen LogP contribution in [0.1, 0.15) is 95.8 Å². The average molecular weight is 985 g/mol. The van der Waals surface area contributed by atoms with Gasteiger partial charge in [-0.3, -0.25) is 9.59 Å². The van der Waals surface area contributed by atoms with E-state index in [2.05, 4.69) is 16.7 Å². The van der Waals surface area contributed by atoms with Crippen molar-refractivity contribution in [3.8, 4) is 39.8 Å². The van der Waals surface area contributed by atoms with E-state index in [-0.39, 0.29) is 29.5 Å². The van der Waals surface area contributed by atoms with E-state index >= 15 is 0 Å². The highest BCUT2D eigenvalue weighted by Crippen LogP contribution is 2.29. The fourth-order valence-corrected chi connectivity index (χ4v) is 8.77. The fourth-order valence-electron chi connectivity index (χ4n) is 8.42. The molecule has 1 aliphatic carbocycles. The van der Waals surface area contributed by atoms with Crippen molar-refractivity contribution in [2.75, 3.05) is 19.7 Å². The molecule has 10 nitrogen and oxygen atoms in total. The highest BCUT2D eigenvalue weighted by molar-refractivity contribution is 6.31. The summed E-state index contributed by atoms with van der Waals surface area (Å²) < 4.78 is 17.3. The van der Waals surface area contributed by atoms with Crippen molar-refractivity contribution in [1.29, 1.82) is 5.26 Å². The predicted octanol–water partition coefficient (Wildman–Crippen LogP) is 12.7. The number of amides is 2. The molecule has 0 unspecified atom stereocenters. The van der Waals surface area contributed by atoms with E-state index in [0.717, 1.165) is 51.8 Å². The first-order valence-electron chi connectivity index (χ1n) is 23.6. The molecule has 0 heterocycles. The summed E-state index contributed by atoms with van der Waals surface area (Å²) in [6.07, 6.45) is 7.23. The van der Waals surface area contributed by atoms with Gasteiger partial charge in [0.2, 0.25) is 0 Å². The largest absolute Gasteiger partial charge is 0.492 e. The zero-order valence-electron chi connectivity index (χ0n) is 38.9. The zero-order valence-corrected chi connectivity index (χ0v) is 40.4. The van der Waals surface area contributed by atoms with Gasteiger partial charge in [-0.15, -0.1) is 0 Å². The lowest BCUT2D eigenvalue weighted by atomic mass is 9.90. The maximum atomic E-state index is 13.2. The third-order valence-electron chi connectivity index (χ3n) is 12.4. The van der Waals surface area contributed by atoms with Crippen molar-refractivity contribution in [2.24, 2.45) is 5.92 Å². The smallest absolute Gasteiger partial charge is 0.346 e. The second kappa shape index (κ2) is 24.2. The number of nitrogens with one attached hydrogen (secondary N) is 2. The van der Waals surface area contributed by atoms with Crippen LogP contribution < -0.4 is 20.1 Å². The normalized spacial score (nSPS) is 12.3. The maximum Gasteiger partial charge on any atom is 0.346 e. The summed E-state index contributed by atoms with van der Waals surface area (Å²) in [7, 11) is 0. The summed E-state index contributed by atoms with van der Waals surface area (Å²) in [5.41, 5.74) is 8.23. The first-order chi connectivity index (χ1) is 34.6. The lowest BCUT2D eigenvalue weighted by Gasteiger charge is -2.22. The zero-order chi connectivity index (χ0) is 49.5. The van der Waals surface area contributed by atoms with Crippen molar-refractivity contribution < 1.29 is 33.4 Å². The standard InChI is InChI=1S/C59H51Cl2N3O7/c60-50-25-27-54(69-37-41-5-2-1-3-6-41)52(34-50)56(65)63-31-29-39-9-13-44(14-10-39)46-17-21-48(22-18-46)58(67)71-59(68)49-23-19-47(20-24-49)45-15-11-40(12-16-45)30-32-64-57(66)53-35-51(61)26-28-55(53)70-38-43-8-4-7-42(33-43)36-62/h4,7-28,33-35,41H,1-3,5-6,29-32,37-38H2,(H,63,65)(H,64,66). The summed E-state index contributed by atoms with van der Waals surface area (Å²) in [5.74, 6) is -0.613. The van der Waals surface area contributed by atoms with Crippen LogP contribution in [0.15, 0.2) is 158 Å². The minimum atomic E-state index is -0.757. The highest BCUT2D eigenvalue weighted by atomic mass is 35.5. The summed E-state index contributed by atoms with van der Waals surface area (Å²) in [5, 5.41) is 16.0. The number of esters is 2. The average Bonchev–Trinajstić information content (AvgIpc) is 3.41. The van der Waals surface area contributed by atoms with Crippen LogP contribution in [0.25, 0.3) is 22.3 Å². The van der Waals surface area contributed by atoms with E-state index in [1.165, 1.54) is 19.3 Å². The van der Waals surface area contributed by atoms with Gasteiger partial charge in [0.15, 0.2) is 0 Å². The van der Waals surface area contributed by atoms with Gasteiger partial charge in [-0.2, -0.15) is 5.26 Å². The number of rotatable bonds is 18. The number of halogens is 2. The molecule has 1 saturated carbocycles. The van der Waals surface area contributed by atoms with Gasteiger partial charge in [-0.25, -0.2) is 9.59 Å². The molecule has 358 valence electrons. The van der Waals surface area contributed by atoms with Crippen molar-refractivity contribution in [3.05, 3.63) is 212 Å². The predicted molar refractivity (Wildman–Crippen MR) is 276 cm³/mol. The fraction of sp³-hybridized carbons (Fsp3) is 0.203. The Morgan fingerprint density at radius 3 is 1.48 bits per heavy atom. The van der Waals surface area contributed by atoms with E-state index in [9.17, 15) is 24.4 Å². The molecule has 0 atom stereocenters. The molecule has 0 aromatic heterocycles. The Bertz CT molecular complexity index is 3040. The Labute approximate surface area is 423 Å². The Morgan fingerprint density at radius 2 is 1.00 bits per heavy atom. The van der Waals surface area contributed by atoms with Gasteiger partial charge < -0.3 is 24.8 Å². The van der Waals surface area contributed by atoms with Crippen LogP contribution in [0.5, 0.6) is 11.5 Å². The SMILES string of the molecule is N#Cc1cccc(COc2ccc(Cl)cc2C(=O)NCCc2ccc(-c3ccc(C(=O)OC(=O)c4ccc(-c5ccc(CCNC(=O)c6cc(Cl)ccc6OCC6CCCCC6)cc5)cc4)cc3)cc2)c1. The van der Waals surface area contributed by atoms with E-state index in [1.807, 2.05) is 54.6 Å². The van der Waals surface area contributed by atoms with Gasteiger partial charge in [-0.1, -0.05) is 127 Å². The maximum absolute atomic E-state index is 13.2. The van der Waals surface area contributed by atoms with Gasteiger partial charge in [0.1, 0.15) is 18.1 Å². The molecule has 7 aromatic carbocycles. The molecule has 12 heteroatoms. The minimum absolute atomic E-state index is 0.184. The first-order valence-corrected chi connectivity index (χ1v) is 24.4. The molecule has 71 heavy (non-hydrogen) atoms. The molecule has 0 saturated heterocycles. The third kappa shape index (κ3) is 13.8. The van der Waals surface area contributed by atoms with Crippen molar-refractivity contribution in [3.63, 3.8) is 0 Å². The molecule has 0 bridgehead atoms. The van der Waals surface area contributed by atoms with Crippen LogP contribution in [0.2, 0.25) is 10.0 Å². The lowest BCUT2D eigenvalue weighted by molar-refractivity contribution is 0.0397. The van der Waals surface area contributed by atoms with Gasteiger partial charge in [0.25, 0.3) is 11.8 Å². The second-order valence-electron chi connectivity index (χ2n) is 17.4. The Kier molecular flexibility index (Phi) is 17.0. The number of nitriles is 1. The third-order valence-corrected chi connectivity index (χ3v) is 12.9. The van der Waals surface area contributed by atoms with Gasteiger partial charge in [0, 0.05) is 23.1 Å². The summed E-state index contributed by atoms with van der Waals surface area (Å²) >= 11 is 12.5. The first kappa shape index (κ1) is 49.7. The van der Waals surface area contributed by atoms with Crippen LogP contribution in [-0.2, 0) is 24.2 Å². The molecule has 8 rings (SSSR count). The monoisotopic (exact) mass is 983 g/mol. The number of carbonyl (C=O) groups is 4. The topological polar surface area (TPSA) is 144 Å². The van der Waals surface area contributed by atoms with E-state index in [4.69, 9.17) is 37.4 Å². The molecule has 2 N–H and O–H groups in total. The van der Waals surface area contributed by atoms with Crippen LogP contribution >= 0.6 is 23.2 Å². The minimum Gasteiger partial charge on any atom is -0.492 e. The molecule has 0 radical (unpaired) electrons. The van der Waals surface area contributed by atoms with Crippen molar-refractivity contribution in [1.82, 2.24) is 10.6 Å². The van der Waals surface area contributed by atoms with Gasteiger partial charge in [-0.05, 0) is 143 Å². The Balaban J connectivity index is 0.768.